The van der Waals surface area contributed by atoms with Crippen LogP contribution in [0.5, 0.6) is 0 Å². The summed E-state index contributed by atoms with van der Waals surface area (Å²) in [5.74, 6) is 0.0329. The Hall–Kier alpha value is -2.70. The van der Waals surface area contributed by atoms with Gasteiger partial charge >= 0.3 is 0 Å². The van der Waals surface area contributed by atoms with Gasteiger partial charge in [0.15, 0.2) is 0 Å². The Bertz CT molecular complexity index is 769. The normalized spacial score (nSPS) is 12.2. The molecule has 2 aromatic carbocycles. The van der Waals surface area contributed by atoms with Gasteiger partial charge in [-0.1, -0.05) is 50.2 Å². The average molecular weight is 441 g/mol. The molecule has 0 aliphatic heterocycles. The number of hydrogen-bond donors (Lipinski definition) is 4. The first-order chi connectivity index (χ1) is 15.3. The number of carbonyl (C=O) groups excluding carboxylic acids is 2. The van der Waals surface area contributed by atoms with Crippen LogP contribution in [0.4, 0.5) is 11.4 Å². The summed E-state index contributed by atoms with van der Waals surface area (Å²) in [6.45, 7) is 13.6. The van der Waals surface area contributed by atoms with Gasteiger partial charge in [0.1, 0.15) is 0 Å². The number of carbonyl (C=O) groups is 2. The molecule has 0 fully saturated rings. The van der Waals surface area contributed by atoms with Crippen molar-refractivity contribution in [1.29, 1.82) is 0 Å². The van der Waals surface area contributed by atoms with Gasteiger partial charge in [0.25, 0.3) is 0 Å². The highest BCUT2D eigenvalue weighted by Crippen LogP contribution is 2.14. The summed E-state index contributed by atoms with van der Waals surface area (Å²) < 4.78 is 0. The highest BCUT2D eigenvalue weighted by Gasteiger charge is 2.13. The molecule has 6 heteroatoms. The van der Waals surface area contributed by atoms with Crippen LogP contribution in [-0.4, -0.2) is 37.0 Å². The first kappa shape index (κ1) is 27.3. The van der Waals surface area contributed by atoms with Crippen molar-refractivity contribution in [2.45, 2.75) is 66.5 Å². The molecule has 0 aliphatic carbocycles. The molecule has 0 unspecified atom stereocenters. The van der Waals surface area contributed by atoms with E-state index in [1.807, 2.05) is 76.2 Å². The van der Waals surface area contributed by atoms with Gasteiger partial charge in [0.2, 0.25) is 11.8 Å². The Kier molecular flexibility index (Phi) is 12.9. The number of para-hydroxylation sites is 2. The van der Waals surface area contributed by atoms with E-state index in [-0.39, 0.29) is 23.9 Å². The maximum atomic E-state index is 11.8. The van der Waals surface area contributed by atoms with Crippen molar-refractivity contribution < 1.29 is 9.59 Å². The van der Waals surface area contributed by atoms with Gasteiger partial charge in [-0.15, -0.1) is 0 Å². The lowest BCUT2D eigenvalue weighted by atomic mass is 10.2. The van der Waals surface area contributed by atoms with Gasteiger partial charge in [-0.2, -0.15) is 0 Å². The SMILES string of the molecule is CCCN[C@@H](C)C(=O)Nc1ccccc1C.CCCN[C@H](C)C(=O)Nc1ccccc1C. The summed E-state index contributed by atoms with van der Waals surface area (Å²) >= 11 is 0. The lowest BCUT2D eigenvalue weighted by Crippen LogP contribution is -2.38. The second kappa shape index (κ2) is 15.2. The Balaban J connectivity index is 0.000000320. The predicted molar refractivity (Wildman–Crippen MR) is 135 cm³/mol. The molecule has 0 radical (unpaired) electrons. The molecule has 32 heavy (non-hydrogen) atoms. The number of benzene rings is 2. The van der Waals surface area contributed by atoms with Crippen molar-refractivity contribution in [2.75, 3.05) is 23.7 Å². The van der Waals surface area contributed by atoms with Crippen LogP contribution in [0.15, 0.2) is 48.5 Å². The van der Waals surface area contributed by atoms with Crippen LogP contribution >= 0.6 is 0 Å². The second-order valence-corrected chi connectivity index (χ2v) is 7.96. The van der Waals surface area contributed by atoms with Crippen molar-refractivity contribution in [2.24, 2.45) is 0 Å². The summed E-state index contributed by atoms with van der Waals surface area (Å²) in [4.78, 5) is 23.6. The average Bonchev–Trinajstić information content (AvgIpc) is 2.79. The molecule has 6 nitrogen and oxygen atoms in total. The van der Waals surface area contributed by atoms with Crippen molar-refractivity contribution >= 4 is 23.2 Å². The fourth-order valence-corrected chi connectivity index (χ4v) is 2.82. The summed E-state index contributed by atoms with van der Waals surface area (Å²) in [5.41, 5.74) is 3.94. The van der Waals surface area contributed by atoms with Gasteiger partial charge in [0, 0.05) is 11.4 Å². The van der Waals surface area contributed by atoms with E-state index in [4.69, 9.17) is 0 Å². The smallest absolute Gasteiger partial charge is 0.241 e. The second-order valence-electron chi connectivity index (χ2n) is 7.96. The van der Waals surface area contributed by atoms with Gasteiger partial charge in [0.05, 0.1) is 12.1 Å². The molecule has 2 rings (SSSR count). The molecule has 2 amide bonds. The van der Waals surface area contributed by atoms with E-state index in [9.17, 15) is 9.59 Å². The standard InChI is InChI=1S/2C13H20N2O/c2*1-4-9-14-11(3)13(16)15-12-8-6-5-7-10(12)2/h2*5-8,11,14H,4,9H2,1-3H3,(H,15,16)/t2*11-/m10/s1. The molecule has 0 heterocycles. The Labute approximate surface area is 193 Å². The van der Waals surface area contributed by atoms with Crippen LogP contribution in [-0.2, 0) is 9.59 Å². The van der Waals surface area contributed by atoms with E-state index in [1.54, 1.807) is 0 Å². The van der Waals surface area contributed by atoms with Crippen molar-refractivity contribution in [3.8, 4) is 0 Å². The summed E-state index contributed by atoms with van der Waals surface area (Å²) in [5, 5.41) is 12.2. The van der Waals surface area contributed by atoms with E-state index in [2.05, 4.69) is 35.1 Å². The third kappa shape index (κ3) is 10.1. The van der Waals surface area contributed by atoms with Crippen molar-refractivity contribution in [3.63, 3.8) is 0 Å². The zero-order valence-corrected chi connectivity index (χ0v) is 20.4. The van der Waals surface area contributed by atoms with Crippen LogP contribution in [0.1, 0.15) is 51.7 Å². The van der Waals surface area contributed by atoms with Gasteiger partial charge in [-0.25, -0.2) is 0 Å². The number of amides is 2. The summed E-state index contributed by atoms with van der Waals surface area (Å²) in [6, 6.07) is 15.3. The molecule has 2 aromatic rings. The number of anilines is 2. The summed E-state index contributed by atoms with van der Waals surface area (Å²) in [6.07, 6.45) is 2.06. The molecular weight excluding hydrogens is 400 g/mol. The molecular formula is C26H40N4O2. The van der Waals surface area contributed by atoms with Crippen LogP contribution in [0.2, 0.25) is 0 Å². The maximum Gasteiger partial charge on any atom is 0.241 e. The van der Waals surface area contributed by atoms with E-state index >= 15 is 0 Å². The Morgan fingerprint density at radius 2 is 1.03 bits per heavy atom. The fraction of sp³-hybridized carbons (Fsp3) is 0.462. The topological polar surface area (TPSA) is 82.3 Å². The minimum Gasteiger partial charge on any atom is -0.324 e. The number of rotatable bonds is 10. The number of aryl methyl sites for hydroxylation is 2. The minimum atomic E-state index is -0.153. The summed E-state index contributed by atoms with van der Waals surface area (Å²) in [7, 11) is 0. The van der Waals surface area contributed by atoms with E-state index in [1.165, 1.54) is 0 Å². The van der Waals surface area contributed by atoms with Crippen LogP contribution in [0.3, 0.4) is 0 Å². The highest BCUT2D eigenvalue weighted by atomic mass is 16.2. The zero-order valence-electron chi connectivity index (χ0n) is 20.4. The Morgan fingerprint density at radius 1 is 0.688 bits per heavy atom. The zero-order chi connectivity index (χ0) is 23.9. The van der Waals surface area contributed by atoms with Crippen LogP contribution in [0, 0.1) is 13.8 Å². The van der Waals surface area contributed by atoms with Crippen LogP contribution in [0.25, 0.3) is 0 Å². The monoisotopic (exact) mass is 440 g/mol. The molecule has 0 aromatic heterocycles. The maximum absolute atomic E-state index is 11.8. The molecule has 0 spiro atoms. The molecule has 0 saturated heterocycles. The lowest BCUT2D eigenvalue weighted by Gasteiger charge is -2.14. The van der Waals surface area contributed by atoms with E-state index < -0.39 is 0 Å². The van der Waals surface area contributed by atoms with Gasteiger partial charge in [-0.05, 0) is 76.9 Å². The quantitative estimate of drug-likeness (QED) is 0.434. The van der Waals surface area contributed by atoms with Crippen molar-refractivity contribution in [1.82, 2.24) is 10.6 Å². The van der Waals surface area contributed by atoms with E-state index in [0.29, 0.717) is 0 Å². The largest absolute Gasteiger partial charge is 0.324 e. The first-order valence-electron chi connectivity index (χ1n) is 11.5. The highest BCUT2D eigenvalue weighted by molar-refractivity contribution is 5.95. The Morgan fingerprint density at radius 3 is 1.34 bits per heavy atom. The molecule has 0 bridgehead atoms. The van der Waals surface area contributed by atoms with Crippen LogP contribution < -0.4 is 21.3 Å². The minimum absolute atomic E-state index is 0.0164. The molecule has 2 atom stereocenters. The molecule has 4 N–H and O–H groups in total. The number of nitrogens with one attached hydrogen (secondary N) is 4. The van der Waals surface area contributed by atoms with Gasteiger partial charge in [-0.3, -0.25) is 9.59 Å². The first-order valence-corrected chi connectivity index (χ1v) is 11.5. The lowest BCUT2D eigenvalue weighted by molar-refractivity contribution is -0.118. The van der Waals surface area contributed by atoms with E-state index in [0.717, 1.165) is 48.4 Å². The van der Waals surface area contributed by atoms with Gasteiger partial charge < -0.3 is 21.3 Å². The fourth-order valence-electron chi connectivity index (χ4n) is 2.82. The molecule has 176 valence electrons. The molecule has 0 aliphatic rings. The third-order valence-corrected chi connectivity index (χ3v) is 4.99. The molecule has 0 saturated carbocycles. The third-order valence-electron chi connectivity index (χ3n) is 4.99. The number of hydrogen-bond acceptors (Lipinski definition) is 4. The van der Waals surface area contributed by atoms with Crippen molar-refractivity contribution in [3.05, 3.63) is 59.7 Å². The predicted octanol–water partition coefficient (Wildman–Crippen LogP) is 4.64.